The van der Waals surface area contributed by atoms with Gasteiger partial charge in [0.15, 0.2) is 0 Å². The summed E-state index contributed by atoms with van der Waals surface area (Å²) in [5, 5.41) is 0. The molecule has 0 amide bonds. The summed E-state index contributed by atoms with van der Waals surface area (Å²) in [6, 6.07) is 0. The van der Waals surface area contributed by atoms with Crippen molar-refractivity contribution in [3.8, 4) is 0 Å². The number of carbonyl (C=O) groups excluding carboxylic acids is 1. The highest BCUT2D eigenvalue weighted by atomic mass is 32.1. The maximum atomic E-state index is 9.91. The minimum absolute atomic E-state index is 0.231. The summed E-state index contributed by atoms with van der Waals surface area (Å²) in [4.78, 5) is 9.17. The minimum Gasteiger partial charge on any atom is -0.433 e. The van der Waals surface area contributed by atoms with Gasteiger partial charge >= 0.3 is 5.97 Å². The molecule has 0 spiro atoms. The third-order valence-corrected chi connectivity index (χ3v) is 0.902. The topological polar surface area (TPSA) is 29.6 Å². The van der Waals surface area contributed by atoms with E-state index >= 15 is 0 Å². The van der Waals surface area contributed by atoms with Crippen LogP contribution in [0.5, 0.6) is 0 Å². The third kappa shape index (κ3) is 0.391. The van der Waals surface area contributed by atoms with Gasteiger partial charge in [-0.3, -0.25) is 0 Å². The highest BCUT2D eigenvalue weighted by molar-refractivity contribution is 7.83. The molecule has 1 fully saturated rings. The summed E-state index contributed by atoms with van der Waals surface area (Å²) in [7, 11) is 0. The average molecular weight is 104 g/mol. The van der Waals surface area contributed by atoms with Gasteiger partial charge in [0.2, 0.25) is 4.93 Å². The van der Waals surface area contributed by atoms with Gasteiger partial charge in [0.1, 0.15) is 0 Å². The summed E-state index contributed by atoms with van der Waals surface area (Å²) >= 11 is 3.76. The van der Waals surface area contributed by atoms with Crippen molar-refractivity contribution in [3.63, 3.8) is 0 Å². The maximum absolute atomic E-state index is 9.91. The van der Waals surface area contributed by atoms with Gasteiger partial charge in [-0.25, -0.2) is 4.79 Å². The molecule has 0 aromatic carbocycles. The van der Waals surface area contributed by atoms with Gasteiger partial charge in [0, 0.05) is 0 Å². The first-order valence-electron chi connectivity index (χ1n) is 1.59. The molecule has 1 atom stereocenters. The quantitative estimate of drug-likeness (QED) is 0.351. The Labute approximate surface area is 40.9 Å². The fourth-order valence-electron chi connectivity index (χ4n) is 0.155. The van der Waals surface area contributed by atoms with Crippen LogP contribution in [0.3, 0.4) is 0 Å². The van der Waals surface area contributed by atoms with E-state index in [2.05, 4.69) is 17.4 Å². The van der Waals surface area contributed by atoms with Gasteiger partial charge in [0.05, 0.1) is 0 Å². The number of thiol groups is 1. The van der Waals surface area contributed by atoms with Crippen LogP contribution in [0.1, 0.15) is 6.92 Å². The van der Waals surface area contributed by atoms with Gasteiger partial charge in [-0.1, -0.05) is 0 Å². The molecule has 1 aliphatic heterocycles. The van der Waals surface area contributed by atoms with Crippen molar-refractivity contribution < 1.29 is 9.53 Å². The summed E-state index contributed by atoms with van der Waals surface area (Å²) in [6.45, 7) is 1.61. The Kier molecular flexibility index (Phi) is 0.485. The van der Waals surface area contributed by atoms with Crippen molar-refractivity contribution in [1.82, 2.24) is 0 Å². The lowest BCUT2D eigenvalue weighted by Gasteiger charge is -1.75. The molecule has 0 aliphatic carbocycles. The van der Waals surface area contributed by atoms with Crippen LogP contribution in [0.4, 0.5) is 0 Å². The molecule has 2 nitrogen and oxygen atoms in total. The molecular weight excluding hydrogens is 100 g/mol. The Morgan fingerprint density at radius 3 is 2.17 bits per heavy atom. The van der Waals surface area contributed by atoms with Crippen molar-refractivity contribution in [3.05, 3.63) is 0 Å². The van der Waals surface area contributed by atoms with Crippen LogP contribution in [0.2, 0.25) is 0 Å². The molecule has 1 saturated heterocycles. The average Bonchev–Trinajstić information content (AvgIpc) is 1.73. The number of hydrogen-bond acceptors (Lipinski definition) is 3. The van der Waals surface area contributed by atoms with E-state index in [0.717, 1.165) is 0 Å². The number of cyclic esters (lactones) is 1. The molecule has 0 aromatic heterocycles. The van der Waals surface area contributed by atoms with E-state index in [9.17, 15) is 4.79 Å². The smallest absolute Gasteiger partial charge is 0.362 e. The second-order valence-electron chi connectivity index (χ2n) is 1.37. The largest absolute Gasteiger partial charge is 0.433 e. The molecule has 1 aliphatic rings. The zero-order valence-electron chi connectivity index (χ0n) is 3.26. The van der Waals surface area contributed by atoms with E-state index in [1.165, 1.54) is 0 Å². The number of rotatable bonds is 0. The summed E-state index contributed by atoms with van der Waals surface area (Å²) in [5.41, 5.74) is 0. The van der Waals surface area contributed by atoms with Crippen LogP contribution >= 0.6 is 12.6 Å². The normalized spacial score (nSPS) is 42.0. The fraction of sp³-hybridized carbons (Fsp3) is 0.667. The van der Waals surface area contributed by atoms with Crippen LogP contribution in [0.25, 0.3) is 0 Å². The highest BCUT2D eigenvalue weighted by Gasteiger charge is 2.49. The van der Waals surface area contributed by atoms with Crippen LogP contribution < -0.4 is 0 Å². The van der Waals surface area contributed by atoms with Crippen LogP contribution in [-0.4, -0.2) is 10.9 Å². The lowest BCUT2D eigenvalue weighted by molar-refractivity contribution is -0.117. The van der Waals surface area contributed by atoms with Gasteiger partial charge in [-0.2, -0.15) is 0 Å². The number of epoxide rings is 1. The van der Waals surface area contributed by atoms with Crippen molar-refractivity contribution in [2.24, 2.45) is 0 Å². The fourth-order valence-corrected chi connectivity index (χ4v) is 0.238. The van der Waals surface area contributed by atoms with E-state index in [0.29, 0.717) is 0 Å². The summed E-state index contributed by atoms with van der Waals surface area (Å²) < 4.78 is 4.33. The molecular formula is C3H4O2S. The van der Waals surface area contributed by atoms with Crippen LogP contribution in [-0.2, 0) is 9.53 Å². The second kappa shape index (κ2) is 0.729. The Morgan fingerprint density at radius 1 is 2.00 bits per heavy atom. The van der Waals surface area contributed by atoms with E-state index in [1.54, 1.807) is 6.92 Å². The molecule has 1 heterocycles. The zero-order chi connectivity index (χ0) is 4.78. The predicted molar refractivity (Wildman–Crippen MR) is 23.5 cm³/mol. The van der Waals surface area contributed by atoms with Crippen LogP contribution in [0.15, 0.2) is 0 Å². The molecule has 0 aromatic rings. The molecule has 34 valence electrons. The Hall–Kier alpha value is -0.180. The lowest BCUT2D eigenvalue weighted by atomic mass is 10.5. The third-order valence-electron chi connectivity index (χ3n) is 0.629. The summed E-state index contributed by atoms with van der Waals surface area (Å²) in [6.07, 6.45) is 0. The maximum Gasteiger partial charge on any atom is 0.362 e. The number of hydrogen-bond donors (Lipinski definition) is 1. The van der Waals surface area contributed by atoms with E-state index < -0.39 is 4.93 Å². The Balaban J connectivity index is 2.63. The Bertz CT molecular complexity index is 97.0. The lowest BCUT2D eigenvalue weighted by Crippen LogP contribution is -1.90. The number of carbonyl (C=O) groups is 1. The first-order chi connectivity index (χ1) is 2.63. The zero-order valence-corrected chi connectivity index (χ0v) is 4.16. The molecule has 1 rings (SSSR count). The van der Waals surface area contributed by atoms with Gasteiger partial charge in [-0.15, -0.1) is 12.6 Å². The SMILES string of the molecule is CC1(S)OC1=O. The molecule has 0 bridgehead atoms. The van der Waals surface area contributed by atoms with Crippen molar-refractivity contribution in [2.75, 3.05) is 0 Å². The molecule has 0 saturated carbocycles. The first-order valence-corrected chi connectivity index (χ1v) is 2.03. The molecule has 0 N–H and O–H groups in total. The minimum atomic E-state index is -0.736. The van der Waals surface area contributed by atoms with Gasteiger partial charge in [-0.05, 0) is 6.92 Å². The second-order valence-corrected chi connectivity index (χ2v) is 2.23. The first kappa shape index (κ1) is 3.99. The van der Waals surface area contributed by atoms with E-state index in [-0.39, 0.29) is 5.97 Å². The standard InChI is InChI=1S/C3H4O2S/c1-3(6)2(4)5-3/h6H,1H3. The van der Waals surface area contributed by atoms with E-state index in [1.807, 2.05) is 0 Å². The highest BCUT2D eigenvalue weighted by Crippen LogP contribution is 2.31. The summed E-state index contributed by atoms with van der Waals surface area (Å²) in [5.74, 6) is -0.231. The molecule has 0 radical (unpaired) electrons. The van der Waals surface area contributed by atoms with Crippen molar-refractivity contribution in [2.45, 2.75) is 11.9 Å². The molecule has 6 heavy (non-hydrogen) atoms. The van der Waals surface area contributed by atoms with Crippen LogP contribution in [0, 0.1) is 0 Å². The van der Waals surface area contributed by atoms with Crippen molar-refractivity contribution in [1.29, 1.82) is 0 Å². The Morgan fingerprint density at radius 2 is 2.17 bits per heavy atom. The van der Waals surface area contributed by atoms with E-state index in [4.69, 9.17) is 0 Å². The van der Waals surface area contributed by atoms with Gasteiger partial charge in [0.25, 0.3) is 0 Å². The van der Waals surface area contributed by atoms with Gasteiger partial charge < -0.3 is 4.74 Å². The molecule has 3 heteroatoms. The predicted octanol–water partition coefficient (Wildman–Crippen LogP) is 0.189. The monoisotopic (exact) mass is 104 g/mol. The van der Waals surface area contributed by atoms with Crippen molar-refractivity contribution >= 4 is 18.6 Å². The molecule has 1 unspecified atom stereocenters. The number of ether oxygens (including phenoxy) is 1.